The maximum Gasteiger partial charge on any atom is 0.159 e. The van der Waals surface area contributed by atoms with Crippen LogP contribution in [0.15, 0.2) is 23.3 Å². The molecule has 0 spiro atoms. The summed E-state index contributed by atoms with van der Waals surface area (Å²) in [6.45, 7) is 14.1. The summed E-state index contributed by atoms with van der Waals surface area (Å²) in [7, 11) is 0. The van der Waals surface area contributed by atoms with E-state index < -0.39 is 0 Å². The van der Waals surface area contributed by atoms with Crippen molar-refractivity contribution in [1.82, 2.24) is 9.88 Å². The standard InChI is InChI=1S/C19H26N4S2/c1-13(2)16-11-14-15(24-16)5-6-20-17(14)22-7-9-23(10-8-22)18-21-12-19(3,4)25-18/h5-6,11,13H,7-10,12H2,1-4H3. The van der Waals surface area contributed by atoms with Gasteiger partial charge in [-0.3, -0.25) is 4.99 Å². The molecule has 1 saturated heterocycles. The fourth-order valence-corrected chi connectivity index (χ4v) is 5.47. The maximum atomic E-state index is 4.76. The number of hydrogen-bond donors (Lipinski definition) is 0. The Morgan fingerprint density at radius 1 is 1.12 bits per heavy atom. The van der Waals surface area contributed by atoms with Gasteiger partial charge in [-0.1, -0.05) is 25.6 Å². The third-order valence-corrected chi connectivity index (χ3v) is 7.48. The quantitative estimate of drug-likeness (QED) is 0.779. The van der Waals surface area contributed by atoms with Crippen molar-refractivity contribution in [2.24, 2.45) is 4.99 Å². The summed E-state index contributed by atoms with van der Waals surface area (Å²) in [4.78, 5) is 15.8. The highest BCUT2D eigenvalue weighted by molar-refractivity contribution is 8.15. The summed E-state index contributed by atoms with van der Waals surface area (Å²) in [5.74, 6) is 1.73. The summed E-state index contributed by atoms with van der Waals surface area (Å²) >= 11 is 3.83. The third-order valence-electron chi connectivity index (χ3n) is 4.82. The molecule has 0 amide bonds. The minimum absolute atomic E-state index is 0.254. The van der Waals surface area contributed by atoms with Crippen LogP contribution in [0, 0.1) is 0 Å². The molecular formula is C19H26N4S2. The summed E-state index contributed by atoms with van der Waals surface area (Å²) < 4.78 is 1.61. The van der Waals surface area contributed by atoms with Crippen LogP contribution in [-0.4, -0.2) is 52.5 Å². The molecule has 2 aromatic rings. The molecule has 6 heteroatoms. The molecule has 4 rings (SSSR count). The van der Waals surface area contributed by atoms with Crippen LogP contribution in [0.4, 0.5) is 5.82 Å². The van der Waals surface area contributed by atoms with Crippen LogP contribution in [0.1, 0.15) is 38.5 Å². The SMILES string of the molecule is CC(C)c1cc2c(N3CCN(C4=NCC(C)(C)S4)CC3)nccc2s1. The summed E-state index contributed by atoms with van der Waals surface area (Å²) in [5, 5.41) is 2.55. The zero-order valence-corrected chi connectivity index (χ0v) is 17.1. The van der Waals surface area contributed by atoms with Crippen molar-refractivity contribution in [2.45, 2.75) is 38.4 Å². The van der Waals surface area contributed by atoms with Gasteiger partial charge in [-0.05, 0) is 31.9 Å². The van der Waals surface area contributed by atoms with Crippen molar-refractivity contribution in [3.63, 3.8) is 0 Å². The van der Waals surface area contributed by atoms with Crippen molar-refractivity contribution in [1.29, 1.82) is 0 Å². The van der Waals surface area contributed by atoms with Crippen LogP contribution in [0.25, 0.3) is 10.1 Å². The average molecular weight is 375 g/mol. The number of aromatic nitrogens is 1. The smallest absolute Gasteiger partial charge is 0.159 e. The fourth-order valence-electron chi connectivity index (χ4n) is 3.35. The number of anilines is 1. The monoisotopic (exact) mass is 374 g/mol. The minimum Gasteiger partial charge on any atom is -0.353 e. The van der Waals surface area contributed by atoms with E-state index in [4.69, 9.17) is 9.98 Å². The first-order chi connectivity index (χ1) is 11.9. The Bertz CT molecular complexity index is 801. The average Bonchev–Trinajstić information content (AvgIpc) is 3.18. The molecule has 2 aliphatic rings. The number of thioether (sulfide) groups is 1. The fraction of sp³-hybridized carbons (Fsp3) is 0.579. The van der Waals surface area contributed by atoms with Gasteiger partial charge < -0.3 is 9.80 Å². The molecule has 0 bridgehead atoms. The van der Waals surface area contributed by atoms with Crippen LogP contribution < -0.4 is 4.90 Å². The van der Waals surface area contributed by atoms with E-state index in [1.54, 1.807) is 0 Å². The van der Waals surface area contributed by atoms with E-state index in [1.807, 2.05) is 29.3 Å². The van der Waals surface area contributed by atoms with Crippen molar-refractivity contribution in [3.05, 3.63) is 23.2 Å². The molecule has 4 nitrogen and oxygen atoms in total. The largest absolute Gasteiger partial charge is 0.353 e. The van der Waals surface area contributed by atoms with Gasteiger partial charge in [0, 0.05) is 52.1 Å². The van der Waals surface area contributed by atoms with Gasteiger partial charge in [-0.25, -0.2) is 4.98 Å². The second kappa shape index (κ2) is 6.47. The molecule has 25 heavy (non-hydrogen) atoms. The number of nitrogens with zero attached hydrogens (tertiary/aromatic N) is 4. The predicted octanol–water partition coefficient (Wildman–Crippen LogP) is 4.42. The summed E-state index contributed by atoms with van der Waals surface area (Å²) in [6, 6.07) is 4.50. The number of rotatable bonds is 2. The van der Waals surface area contributed by atoms with Gasteiger partial charge in [0.15, 0.2) is 5.17 Å². The van der Waals surface area contributed by atoms with Crippen molar-refractivity contribution >= 4 is 44.2 Å². The predicted molar refractivity (Wildman–Crippen MR) is 111 cm³/mol. The second-order valence-corrected chi connectivity index (χ2v) is 10.6. The van der Waals surface area contributed by atoms with Gasteiger partial charge in [0.25, 0.3) is 0 Å². The summed E-state index contributed by atoms with van der Waals surface area (Å²) in [6.07, 6.45) is 1.96. The van der Waals surface area contributed by atoms with Crippen molar-refractivity contribution < 1.29 is 0 Å². The molecule has 2 aliphatic heterocycles. The number of aliphatic imine (C=N–C) groups is 1. The number of piperazine rings is 1. The van der Waals surface area contributed by atoms with E-state index in [0.717, 1.165) is 38.5 Å². The Morgan fingerprint density at radius 2 is 1.84 bits per heavy atom. The van der Waals surface area contributed by atoms with E-state index >= 15 is 0 Å². The lowest BCUT2D eigenvalue weighted by molar-refractivity contribution is 0.391. The van der Waals surface area contributed by atoms with Crippen molar-refractivity contribution in [3.8, 4) is 0 Å². The highest BCUT2D eigenvalue weighted by atomic mass is 32.2. The molecule has 0 unspecified atom stereocenters. The molecule has 2 aromatic heterocycles. The molecule has 1 fully saturated rings. The van der Waals surface area contributed by atoms with Gasteiger partial charge in [0.2, 0.25) is 0 Å². The van der Waals surface area contributed by atoms with Crippen molar-refractivity contribution in [2.75, 3.05) is 37.6 Å². The van der Waals surface area contributed by atoms with E-state index in [-0.39, 0.29) is 4.75 Å². The lowest BCUT2D eigenvalue weighted by Crippen LogP contribution is -2.48. The first kappa shape index (κ1) is 17.2. The maximum absolute atomic E-state index is 4.76. The molecule has 0 N–H and O–H groups in total. The van der Waals surface area contributed by atoms with Crippen LogP contribution >= 0.6 is 23.1 Å². The highest BCUT2D eigenvalue weighted by Crippen LogP contribution is 2.36. The van der Waals surface area contributed by atoms with Gasteiger partial charge in [-0.2, -0.15) is 0 Å². The molecule has 134 valence electrons. The Labute approximate surface area is 158 Å². The molecule has 0 radical (unpaired) electrons. The Kier molecular flexibility index (Phi) is 4.44. The topological polar surface area (TPSA) is 31.7 Å². The Morgan fingerprint density at radius 3 is 2.48 bits per heavy atom. The van der Waals surface area contributed by atoms with Crippen LogP contribution in [0.2, 0.25) is 0 Å². The molecule has 0 atom stereocenters. The zero-order valence-electron chi connectivity index (χ0n) is 15.5. The summed E-state index contributed by atoms with van der Waals surface area (Å²) in [5.41, 5.74) is 0. The van der Waals surface area contributed by atoms with Crippen LogP contribution in [0.5, 0.6) is 0 Å². The lowest BCUT2D eigenvalue weighted by atomic mass is 10.1. The van der Waals surface area contributed by atoms with E-state index in [9.17, 15) is 0 Å². The lowest BCUT2D eigenvalue weighted by Gasteiger charge is -2.36. The number of hydrogen-bond acceptors (Lipinski definition) is 6. The van der Waals surface area contributed by atoms with Gasteiger partial charge in [0.05, 0.1) is 6.54 Å². The number of pyridine rings is 1. The second-order valence-electron chi connectivity index (χ2n) is 7.78. The van der Waals surface area contributed by atoms with Gasteiger partial charge >= 0.3 is 0 Å². The number of fused-ring (bicyclic) bond motifs is 1. The van der Waals surface area contributed by atoms with E-state index in [2.05, 4.69) is 49.6 Å². The Hall–Kier alpha value is -1.27. The van der Waals surface area contributed by atoms with Gasteiger partial charge in [-0.15, -0.1) is 11.3 Å². The third kappa shape index (κ3) is 3.38. The number of amidine groups is 1. The van der Waals surface area contributed by atoms with Crippen LogP contribution in [-0.2, 0) is 0 Å². The molecule has 0 saturated carbocycles. The minimum atomic E-state index is 0.254. The molecule has 4 heterocycles. The highest BCUT2D eigenvalue weighted by Gasteiger charge is 2.32. The van der Waals surface area contributed by atoms with E-state index in [1.165, 1.54) is 20.1 Å². The number of thiophene rings is 1. The molecular weight excluding hydrogens is 348 g/mol. The van der Waals surface area contributed by atoms with E-state index in [0.29, 0.717) is 5.92 Å². The molecule has 0 aliphatic carbocycles. The zero-order chi connectivity index (χ0) is 17.6. The first-order valence-electron chi connectivity index (χ1n) is 9.05. The molecule has 0 aromatic carbocycles. The van der Waals surface area contributed by atoms with Gasteiger partial charge in [0.1, 0.15) is 5.82 Å². The van der Waals surface area contributed by atoms with Crippen LogP contribution in [0.3, 0.4) is 0 Å². The Balaban J connectivity index is 1.50. The first-order valence-corrected chi connectivity index (χ1v) is 10.7. The normalized spacial score (nSPS) is 20.6.